The highest BCUT2D eigenvalue weighted by Crippen LogP contribution is 2.25. The van der Waals surface area contributed by atoms with Crippen LogP contribution in [0.25, 0.3) is 0 Å². The molecule has 110 valence electrons. The minimum Gasteiger partial charge on any atom is -0.352 e. The molecule has 0 saturated carbocycles. The molecule has 0 aliphatic rings. The van der Waals surface area contributed by atoms with Crippen molar-refractivity contribution in [3.63, 3.8) is 0 Å². The lowest BCUT2D eigenvalue weighted by atomic mass is 10.1. The molecule has 2 nitrogen and oxygen atoms in total. The number of hydrogen-bond donors (Lipinski definition) is 1. The Morgan fingerprint density at radius 3 is 2.24 bits per heavy atom. The summed E-state index contributed by atoms with van der Waals surface area (Å²) in [7, 11) is 0. The van der Waals surface area contributed by atoms with Gasteiger partial charge in [0.15, 0.2) is 0 Å². The van der Waals surface area contributed by atoms with E-state index in [9.17, 15) is 4.79 Å². The molecule has 0 fully saturated rings. The first-order chi connectivity index (χ1) is 9.97. The highest BCUT2D eigenvalue weighted by molar-refractivity contribution is 6.36. The molecular formula is C15H11Cl4NO. The van der Waals surface area contributed by atoms with Gasteiger partial charge in [-0.2, -0.15) is 0 Å². The number of nitrogens with one attached hydrogen (secondary N) is 1. The van der Waals surface area contributed by atoms with Gasteiger partial charge in [0.1, 0.15) is 0 Å². The van der Waals surface area contributed by atoms with Crippen LogP contribution in [0.15, 0.2) is 36.4 Å². The van der Waals surface area contributed by atoms with Gasteiger partial charge in [0.2, 0.25) is 5.91 Å². The van der Waals surface area contributed by atoms with Crippen LogP contribution in [0.5, 0.6) is 0 Å². The van der Waals surface area contributed by atoms with Crippen LogP contribution in [0.4, 0.5) is 0 Å². The van der Waals surface area contributed by atoms with Crippen molar-refractivity contribution >= 4 is 52.3 Å². The molecular weight excluding hydrogens is 352 g/mol. The Balaban J connectivity index is 1.99. The first-order valence-electron chi connectivity index (χ1n) is 6.11. The van der Waals surface area contributed by atoms with E-state index in [1.54, 1.807) is 36.4 Å². The van der Waals surface area contributed by atoms with E-state index in [1.165, 1.54) is 0 Å². The molecule has 2 aromatic carbocycles. The predicted octanol–water partition coefficient (Wildman–Crippen LogP) is 5.16. The average molecular weight is 363 g/mol. The maximum absolute atomic E-state index is 12.0. The quantitative estimate of drug-likeness (QED) is 0.799. The van der Waals surface area contributed by atoms with E-state index in [2.05, 4.69) is 5.32 Å². The van der Waals surface area contributed by atoms with Crippen molar-refractivity contribution in [1.29, 1.82) is 0 Å². The number of carbonyl (C=O) groups is 1. The Kier molecular flexibility index (Phi) is 5.77. The Morgan fingerprint density at radius 1 is 0.952 bits per heavy atom. The van der Waals surface area contributed by atoms with E-state index in [0.29, 0.717) is 32.2 Å². The third-order valence-corrected chi connectivity index (χ3v) is 4.19. The van der Waals surface area contributed by atoms with Gasteiger partial charge in [-0.25, -0.2) is 0 Å². The summed E-state index contributed by atoms with van der Waals surface area (Å²) in [5, 5.41) is 4.79. The molecule has 0 aliphatic heterocycles. The van der Waals surface area contributed by atoms with Gasteiger partial charge in [0, 0.05) is 26.6 Å². The molecule has 2 rings (SSSR count). The van der Waals surface area contributed by atoms with Crippen molar-refractivity contribution in [2.45, 2.75) is 13.0 Å². The molecule has 0 aliphatic carbocycles. The van der Waals surface area contributed by atoms with Crippen molar-refractivity contribution in [1.82, 2.24) is 5.32 Å². The van der Waals surface area contributed by atoms with Gasteiger partial charge >= 0.3 is 0 Å². The molecule has 0 atom stereocenters. The molecule has 0 spiro atoms. The minimum atomic E-state index is -0.184. The SMILES string of the molecule is O=C(Cc1c(Cl)cccc1Cl)NCc1ccc(Cl)cc1Cl. The van der Waals surface area contributed by atoms with Crippen LogP contribution in [-0.4, -0.2) is 5.91 Å². The average Bonchev–Trinajstić information content (AvgIpc) is 2.42. The van der Waals surface area contributed by atoms with Gasteiger partial charge in [-0.1, -0.05) is 58.5 Å². The number of benzene rings is 2. The number of halogens is 4. The summed E-state index contributed by atoms with van der Waals surface area (Å²) in [4.78, 5) is 12.0. The van der Waals surface area contributed by atoms with Crippen LogP contribution < -0.4 is 5.32 Å². The lowest BCUT2D eigenvalue weighted by Gasteiger charge is -2.09. The van der Waals surface area contributed by atoms with E-state index in [-0.39, 0.29) is 12.3 Å². The summed E-state index contributed by atoms with van der Waals surface area (Å²) in [6.07, 6.45) is 0.115. The summed E-state index contributed by atoms with van der Waals surface area (Å²) in [6.45, 7) is 0.316. The standard InChI is InChI=1S/C15H11Cl4NO/c16-10-5-4-9(14(19)6-10)8-20-15(21)7-11-12(17)2-1-3-13(11)18/h1-6H,7-8H2,(H,20,21). The van der Waals surface area contributed by atoms with Crippen LogP contribution in [-0.2, 0) is 17.8 Å². The third-order valence-electron chi connectivity index (χ3n) is 2.89. The zero-order valence-corrected chi connectivity index (χ0v) is 13.8. The molecule has 0 heterocycles. The molecule has 0 unspecified atom stereocenters. The van der Waals surface area contributed by atoms with Gasteiger partial charge in [-0.05, 0) is 35.4 Å². The lowest BCUT2D eigenvalue weighted by molar-refractivity contribution is -0.120. The summed E-state index contributed by atoms with van der Waals surface area (Å²) in [5.74, 6) is -0.184. The maximum Gasteiger partial charge on any atom is 0.224 e. The van der Waals surface area contributed by atoms with Crippen LogP contribution >= 0.6 is 46.4 Å². The van der Waals surface area contributed by atoms with Gasteiger partial charge in [-0.3, -0.25) is 4.79 Å². The normalized spacial score (nSPS) is 10.5. The van der Waals surface area contributed by atoms with Crippen LogP contribution in [0, 0.1) is 0 Å². The Hall–Kier alpha value is -0.930. The summed E-state index contributed by atoms with van der Waals surface area (Å²) < 4.78 is 0. The van der Waals surface area contributed by atoms with E-state index >= 15 is 0 Å². The molecule has 0 radical (unpaired) electrons. The second kappa shape index (κ2) is 7.37. The molecule has 0 bridgehead atoms. The van der Waals surface area contributed by atoms with Gasteiger partial charge < -0.3 is 5.32 Å². The minimum absolute atomic E-state index is 0.115. The molecule has 21 heavy (non-hydrogen) atoms. The van der Waals surface area contributed by atoms with Crippen molar-refractivity contribution < 1.29 is 4.79 Å². The molecule has 0 aromatic heterocycles. The zero-order valence-electron chi connectivity index (χ0n) is 10.8. The fourth-order valence-corrected chi connectivity index (χ4v) is 2.79. The largest absolute Gasteiger partial charge is 0.352 e. The number of amides is 1. The summed E-state index contributed by atoms with van der Waals surface area (Å²) >= 11 is 23.9. The smallest absolute Gasteiger partial charge is 0.224 e. The Bertz CT molecular complexity index is 652. The fraction of sp³-hybridized carbons (Fsp3) is 0.133. The third kappa shape index (κ3) is 4.52. The highest BCUT2D eigenvalue weighted by atomic mass is 35.5. The van der Waals surface area contributed by atoms with Crippen molar-refractivity contribution in [2.24, 2.45) is 0 Å². The topological polar surface area (TPSA) is 29.1 Å². The molecule has 2 aromatic rings. The van der Waals surface area contributed by atoms with Crippen molar-refractivity contribution in [3.8, 4) is 0 Å². The predicted molar refractivity (Wildman–Crippen MR) is 88.5 cm³/mol. The highest BCUT2D eigenvalue weighted by Gasteiger charge is 2.11. The first-order valence-corrected chi connectivity index (χ1v) is 7.62. The van der Waals surface area contributed by atoms with E-state index in [4.69, 9.17) is 46.4 Å². The van der Waals surface area contributed by atoms with Crippen molar-refractivity contribution in [2.75, 3.05) is 0 Å². The molecule has 6 heteroatoms. The monoisotopic (exact) mass is 361 g/mol. The van der Waals surface area contributed by atoms with Gasteiger partial charge in [-0.15, -0.1) is 0 Å². The molecule has 1 amide bonds. The fourth-order valence-electron chi connectivity index (χ4n) is 1.78. The number of rotatable bonds is 4. The second-order valence-electron chi connectivity index (χ2n) is 4.39. The summed E-state index contributed by atoms with van der Waals surface area (Å²) in [6, 6.07) is 10.3. The summed E-state index contributed by atoms with van der Waals surface area (Å²) in [5.41, 5.74) is 1.40. The van der Waals surface area contributed by atoms with Gasteiger partial charge in [0.25, 0.3) is 0 Å². The van der Waals surface area contributed by atoms with E-state index < -0.39 is 0 Å². The number of carbonyl (C=O) groups excluding carboxylic acids is 1. The number of hydrogen-bond acceptors (Lipinski definition) is 1. The first kappa shape index (κ1) is 16.4. The molecule has 0 saturated heterocycles. The van der Waals surface area contributed by atoms with E-state index in [0.717, 1.165) is 5.56 Å². The lowest BCUT2D eigenvalue weighted by Crippen LogP contribution is -2.25. The second-order valence-corrected chi connectivity index (χ2v) is 6.05. The van der Waals surface area contributed by atoms with Crippen LogP contribution in [0.2, 0.25) is 20.1 Å². The Labute approximate surface area is 143 Å². The zero-order chi connectivity index (χ0) is 15.4. The molecule has 1 N–H and O–H groups in total. The maximum atomic E-state index is 12.0. The van der Waals surface area contributed by atoms with Gasteiger partial charge in [0.05, 0.1) is 6.42 Å². The van der Waals surface area contributed by atoms with Crippen LogP contribution in [0.1, 0.15) is 11.1 Å². The van der Waals surface area contributed by atoms with E-state index in [1.807, 2.05) is 0 Å². The van der Waals surface area contributed by atoms with Crippen molar-refractivity contribution in [3.05, 3.63) is 67.6 Å². The Morgan fingerprint density at radius 2 is 1.62 bits per heavy atom. The van der Waals surface area contributed by atoms with Crippen LogP contribution in [0.3, 0.4) is 0 Å².